The maximum Gasteiger partial charge on any atom is 0.241 e. The fourth-order valence-electron chi connectivity index (χ4n) is 5.82. The number of hydrogen-bond donors (Lipinski definition) is 1. The number of halogens is 1. The first-order valence-electron chi connectivity index (χ1n) is 11.9. The normalized spacial score (nSPS) is 26.2. The van der Waals surface area contributed by atoms with E-state index in [1.165, 1.54) is 4.90 Å². The Morgan fingerprint density at radius 2 is 1.81 bits per heavy atom. The van der Waals surface area contributed by atoms with E-state index in [0.717, 1.165) is 38.5 Å². The van der Waals surface area contributed by atoms with Crippen molar-refractivity contribution in [3.63, 3.8) is 0 Å². The highest BCUT2D eigenvalue weighted by Gasteiger charge is 2.56. The van der Waals surface area contributed by atoms with Crippen molar-refractivity contribution >= 4 is 29.3 Å². The summed E-state index contributed by atoms with van der Waals surface area (Å²) in [6, 6.07) is 7.03. The van der Waals surface area contributed by atoms with Gasteiger partial charge in [0.1, 0.15) is 0 Å². The van der Waals surface area contributed by atoms with Crippen molar-refractivity contribution in [2.24, 2.45) is 5.92 Å². The predicted molar refractivity (Wildman–Crippen MR) is 122 cm³/mol. The number of carbonyl (C=O) groups is 3. The third-order valence-corrected chi connectivity index (χ3v) is 8.07. The number of piperidine rings is 1. The highest BCUT2D eigenvalue weighted by molar-refractivity contribution is 6.32. The molecule has 1 aromatic rings. The summed E-state index contributed by atoms with van der Waals surface area (Å²) in [4.78, 5) is 43.5. The molecule has 2 heterocycles. The number of rotatable bonds is 6. The second kappa shape index (κ2) is 9.52. The molecule has 0 bridgehead atoms. The monoisotopic (exact) mass is 460 g/mol. The summed E-state index contributed by atoms with van der Waals surface area (Å²) in [6.07, 6.45) is 5.50. The number of carbonyl (C=O) groups excluding carboxylic acids is 3. The van der Waals surface area contributed by atoms with E-state index in [-0.39, 0.29) is 48.6 Å². The molecule has 0 radical (unpaired) electrons. The number of hydrogen-bond acceptors (Lipinski definition) is 4. The van der Waals surface area contributed by atoms with Crippen molar-refractivity contribution in [1.82, 2.24) is 9.80 Å². The minimum Gasteiger partial charge on any atom is -0.393 e. The summed E-state index contributed by atoms with van der Waals surface area (Å²) in [5, 5.41) is 10.6. The predicted octanol–water partition coefficient (Wildman–Crippen LogP) is 3.68. The molecule has 3 amide bonds. The zero-order chi connectivity index (χ0) is 22.9. The molecule has 3 aliphatic rings. The summed E-state index contributed by atoms with van der Waals surface area (Å²) in [5.74, 6) is -0.385. The zero-order valence-corrected chi connectivity index (χ0v) is 19.5. The third kappa shape index (κ3) is 4.19. The van der Waals surface area contributed by atoms with Crippen molar-refractivity contribution in [3.8, 4) is 0 Å². The lowest BCUT2D eigenvalue weighted by atomic mass is 9.75. The molecule has 1 aromatic carbocycles. The highest BCUT2D eigenvalue weighted by atomic mass is 35.5. The van der Waals surface area contributed by atoms with Crippen LogP contribution in [-0.4, -0.2) is 57.9 Å². The number of imide groups is 1. The molecule has 2 aliphatic heterocycles. The second-order valence-electron chi connectivity index (χ2n) is 9.62. The summed E-state index contributed by atoms with van der Waals surface area (Å²) in [5.41, 5.74) is -0.667. The number of nitrogens with zero attached hydrogens (tertiary/aromatic N) is 2. The minimum absolute atomic E-state index is 0.0111. The van der Waals surface area contributed by atoms with Crippen molar-refractivity contribution in [2.45, 2.75) is 82.3 Å². The Bertz CT molecular complexity index is 876. The van der Waals surface area contributed by atoms with Gasteiger partial charge >= 0.3 is 0 Å². The average Bonchev–Trinajstić information content (AvgIpc) is 3.40. The lowest BCUT2D eigenvalue weighted by Crippen LogP contribution is -2.47. The van der Waals surface area contributed by atoms with Crippen LogP contribution < -0.4 is 0 Å². The van der Waals surface area contributed by atoms with Crippen molar-refractivity contribution < 1.29 is 19.5 Å². The van der Waals surface area contributed by atoms with Crippen molar-refractivity contribution in [2.75, 3.05) is 13.1 Å². The summed E-state index contributed by atoms with van der Waals surface area (Å²) < 4.78 is 0. The number of likely N-dealkylation sites (tertiary alicyclic amines) is 2. The lowest BCUT2D eigenvalue weighted by molar-refractivity contribution is -0.145. The van der Waals surface area contributed by atoms with Crippen LogP contribution in [0.5, 0.6) is 0 Å². The number of benzene rings is 1. The van der Waals surface area contributed by atoms with Crippen LogP contribution in [0, 0.1) is 5.92 Å². The first-order valence-corrected chi connectivity index (χ1v) is 12.3. The summed E-state index contributed by atoms with van der Waals surface area (Å²) >= 11 is 6.52. The zero-order valence-electron chi connectivity index (χ0n) is 18.8. The Balaban J connectivity index is 1.59. The molecule has 3 fully saturated rings. The van der Waals surface area contributed by atoms with Crippen LogP contribution >= 0.6 is 11.6 Å². The Labute approximate surface area is 194 Å². The van der Waals surface area contributed by atoms with E-state index in [2.05, 4.69) is 0 Å². The largest absolute Gasteiger partial charge is 0.393 e. The maximum atomic E-state index is 13.8. The van der Waals surface area contributed by atoms with E-state index < -0.39 is 5.41 Å². The molecule has 0 aromatic heterocycles. The fraction of sp³-hybridized carbons (Fsp3) is 0.640. The molecule has 32 heavy (non-hydrogen) atoms. The number of amides is 3. The molecule has 1 aliphatic carbocycles. The lowest BCUT2D eigenvalue weighted by Gasteiger charge is -2.36. The fourth-order valence-corrected chi connectivity index (χ4v) is 6.14. The Morgan fingerprint density at radius 1 is 1.16 bits per heavy atom. The standard InChI is InChI=1S/C25H33ClN2O4/c1-2-21(29)17-11-13-27(14-12-17)22(30)15-25(19-9-5-6-10-20(19)26)16-23(31)28(24(25)32)18-7-3-4-8-18/h5-6,9-10,17-18,21,29H,2-4,7-8,11-16H2,1H3/t21-,25-/m1/s1. The van der Waals surface area contributed by atoms with E-state index in [1.807, 2.05) is 6.92 Å². The molecular weight excluding hydrogens is 428 g/mol. The molecule has 0 spiro atoms. The Morgan fingerprint density at radius 3 is 2.44 bits per heavy atom. The van der Waals surface area contributed by atoms with Crippen LogP contribution in [0.25, 0.3) is 0 Å². The average molecular weight is 461 g/mol. The van der Waals surface area contributed by atoms with Gasteiger partial charge in [0, 0.05) is 37.0 Å². The Kier molecular flexibility index (Phi) is 6.91. The highest BCUT2D eigenvalue weighted by Crippen LogP contribution is 2.45. The first-order chi connectivity index (χ1) is 15.4. The summed E-state index contributed by atoms with van der Waals surface area (Å²) in [7, 11) is 0. The van der Waals surface area contributed by atoms with E-state index in [9.17, 15) is 19.5 Å². The van der Waals surface area contributed by atoms with Gasteiger partial charge in [-0.05, 0) is 49.7 Å². The molecular formula is C25H33ClN2O4. The molecule has 174 valence electrons. The van der Waals surface area contributed by atoms with Gasteiger partial charge in [-0.3, -0.25) is 19.3 Å². The van der Waals surface area contributed by atoms with E-state index in [0.29, 0.717) is 30.1 Å². The van der Waals surface area contributed by atoms with Gasteiger partial charge in [-0.2, -0.15) is 0 Å². The topological polar surface area (TPSA) is 77.9 Å². The Hall–Kier alpha value is -1.92. The van der Waals surface area contributed by atoms with Crippen LogP contribution in [0.1, 0.15) is 70.3 Å². The van der Waals surface area contributed by atoms with Crippen LogP contribution in [0.15, 0.2) is 24.3 Å². The molecule has 2 saturated heterocycles. The van der Waals surface area contributed by atoms with E-state index in [4.69, 9.17) is 11.6 Å². The van der Waals surface area contributed by atoms with Crippen LogP contribution in [0.2, 0.25) is 5.02 Å². The van der Waals surface area contributed by atoms with Gasteiger partial charge in [-0.15, -0.1) is 0 Å². The quantitative estimate of drug-likeness (QED) is 0.657. The van der Waals surface area contributed by atoms with Gasteiger partial charge in [0.15, 0.2) is 0 Å². The molecule has 7 heteroatoms. The molecule has 1 N–H and O–H groups in total. The molecule has 2 atom stereocenters. The van der Waals surface area contributed by atoms with Gasteiger partial charge < -0.3 is 10.0 Å². The van der Waals surface area contributed by atoms with Crippen LogP contribution in [-0.2, 0) is 19.8 Å². The van der Waals surface area contributed by atoms with Gasteiger partial charge in [0.05, 0.1) is 11.5 Å². The van der Waals surface area contributed by atoms with Gasteiger partial charge in [-0.25, -0.2) is 0 Å². The van der Waals surface area contributed by atoms with Crippen molar-refractivity contribution in [1.29, 1.82) is 0 Å². The number of aliphatic hydroxyl groups excluding tert-OH is 1. The minimum atomic E-state index is -1.24. The van der Waals surface area contributed by atoms with E-state index in [1.54, 1.807) is 29.2 Å². The van der Waals surface area contributed by atoms with E-state index >= 15 is 0 Å². The maximum absolute atomic E-state index is 13.8. The van der Waals surface area contributed by atoms with Gasteiger partial charge in [0.25, 0.3) is 0 Å². The van der Waals surface area contributed by atoms with Crippen molar-refractivity contribution in [3.05, 3.63) is 34.9 Å². The first kappa shape index (κ1) is 23.2. The number of aliphatic hydroxyl groups is 1. The van der Waals surface area contributed by atoms with Gasteiger partial charge in [0.2, 0.25) is 17.7 Å². The molecule has 1 saturated carbocycles. The molecule has 4 rings (SSSR count). The summed E-state index contributed by atoms with van der Waals surface area (Å²) in [6.45, 7) is 3.09. The van der Waals surface area contributed by atoms with Crippen LogP contribution in [0.4, 0.5) is 0 Å². The third-order valence-electron chi connectivity index (χ3n) is 7.74. The second-order valence-corrected chi connectivity index (χ2v) is 10.0. The smallest absolute Gasteiger partial charge is 0.241 e. The van der Waals surface area contributed by atoms with Crippen LogP contribution in [0.3, 0.4) is 0 Å². The SMILES string of the molecule is CC[C@@H](O)C1CCN(C(=O)C[C@]2(c3ccccc3Cl)CC(=O)N(C3CCCC3)C2=O)CC1. The molecule has 6 nitrogen and oxygen atoms in total. The van der Waals surface area contributed by atoms with Gasteiger partial charge in [-0.1, -0.05) is 49.6 Å². The molecule has 0 unspecified atom stereocenters.